The van der Waals surface area contributed by atoms with Crippen LogP contribution in [0, 0.1) is 0 Å². The molecule has 0 aliphatic heterocycles. The van der Waals surface area contributed by atoms with E-state index in [9.17, 15) is 0 Å². The number of anilines is 1. The number of nitrogens with one attached hydrogen (secondary N) is 2. The summed E-state index contributed by atoms with van der Waals surface area (Å²) >= 11 is 5.17. The molecule has 0 aliphatic rings. The molecule has 0 fully saturated rings. The smallest absolute Gasteiger partial charge is 0.191 e. The van der Waals surface area contributed by atoms with E-state index in [1.54, 1.807) is 6.21 Å². The van der Waals surface area contributed by atoms with Gasteiger partial charge in [0.05, 0.1) is 12.8 Å². The molecular formula is C17H19N3OS. The summed E-state index contributed by atoms with van der Waals surface area (Å²) in [5.41, 5.74) is 4.66. The lowest BCUT2D eigenvalue weighted by Gasteiger charge is -2.06. The average Bonchev–Trinajstić information content (AvgIpc) is 2.54. The van der Waals surface area contributed by atoms with Gasteiger partial charge in [0, 0.05) is 5.69 Å². The van der Waals surface area contributed by atoms with Gasteiger partial charge in [-0.2, -0.15) is 5.10 Å². The Labute approximate surface area is 136 Å². The van der Waals surface area contributed by atoms with Crippen molar-refractivity contribution in [1.82, 2.24) is 5.43 Å². The van der Waals surface area contributed by atoms with Crippen LogP contribution in [0.5, 0.6) is 5.75 Å². The molecule has 0 unspecified atom stereocenters. The molecule has 0 radical (unpaired) electrons. The summed E-state index contributed by atoms with van der Waals surface area (Å²) in [6.07, 6.45) is 2.69. The summed E-state index contributed by atoms with van der Waals surface area (Å²) in [5, 5.41) is 7.62. The van der Waals surface area contributed by atoms with E-state index < -0.39 is 0 Å². The fourth-order valence-electron chi connectivity index (χ4n) is 1.75. The summed E-state index contributed by atoms with van der Waals surface area (Å²) in [6.45, 7) is 2.79. The van der Waals surface area contributed by atoms with E-state index in [1.807, 2.05) is 54.6 Å². The quantitative estimate of drug-likeness (QED) is 0.484. The number of hydrazone groups is 1. The van der Waals surface area contributed by atoms with E-state index in [-0.39, 0.29) is 0 Å². The molecule has 0 saturated carbocycles. The van der Waals surface area contributed by atoms with Gasteiger partial charge in [-0.1, -0.05) is 37.3 Å². The third-order valence-corrected chi connectivity index (χ3v) is 2.94. The monoisotopic (exact) mass is 313 g/mol. The molecule has 0 amide bonds. The maximum absolute atomic E-state index is 5.58. The predicted molar refractivity (Wildman–Crippen MR) is 95.6 cm³/mol. The largest absolute Gasteiger partial charge is 0.494 e. The minimum Gasteiger partial charge on any atom is -0.494 e. The van der Waals surface area contributed by atoms with Crippen molar-refractivity contribution in [2.24, 2.45) is 5.10 Å². The first kappa shape index (κ1) is 16.0. The first-order valence-electron chi connectivity index (χ1n) is 7.16. The molecule has 2 rings (SSSR count). The Bertz CT molecular complexity index is 629. The van der Waals surface area contributed by atoms with Crippen molar-refractivity contribution in [3.8, 4) is 5.75 Å². The fraction of sp³-hybridized carbons (Fsp3) is 0.176. The van der Waals surface area contributed by atoms with E-state index in [4.69, 9.17) is 17.0 Å². The van der Waals surface area contributed by atoms with Gasteiger partial charge in [0.25, 0.3) is 0 Å². The Hall–Kier alpha value is -2.40. The number of nitrogens with zero attached hydrogens (tertiary/aromatic N) is 1. The van der Waals surface area contributed by atoms with Crippen LogP contribution in [0.1, 0.15) is 18.9 Å². The zero-order valence-electron chi connectivity index (χ0n) is 12.5. The molecule has 0 aromatic heterocycles. The third kappa shape index (κ3) is 5.54. The van der Waals surface area contributed by atoms with Crippen LogP contribution in [0.2, 0.25) is 0 Å². The first-order chi connectivity index (χ1) is 10.8. The van der Waals surface area contributed by atoms with Gasteiger partial charge in [-0.15, -0.1) is 0 Å². The normalized spacial score (nSPS) is 10.4. The second-order valence-corrected chi connectivity index (χ2v) is 5.02. The lowest BCUT2D eigenvalue weighted by Crippen LogP contribution is -2.23. The Balaban J connectivity index is 1.85. The number of para-hydroxylation sites is 1. The highest BCUT2D eigenvalue weighted by atomic mass is 32.1. The molecule has 4 nitrogen and oxygen atoms in total. The van der Waals surface area contributed by atoms with Crippen LogP contribution >= 0.6 is 12.2 Å². The molecular weight excluding hydrogens is 294 g/mol. The van der Waals surface area contributed by atoms with Crippen molar-refractivity contribution in [2.45, 2.75) is 13.3 Å². The molecule has 2 aromatic carbocycles. The molecule has 5 heteroatoms. The Morgan fingerprint density at radius 3 is 2.77 bits per heavy atom. The number of benzene rings is 2. The zero-order valence-corrected chi connectivity index (χ0v) is 13.3. The zero-order chi connectivity index (χ0) is 15.6. The van der Waals surface area contributed by atoms with Gasteiger partial charge in [-0.25, -0.2) is 0 Å². The van der Waals surface area contributed by atoms with Crippen molar-refractivity contribution < 1.29 is 4.74 Å². The van der Waals surface area contributed by atoms with E-state index in [0.29, 0.717) is 11.7 Å². The Morgan fingerprint density at radius 2 is 2.00 bits per heavy atom. The summed E-state index contributed by atoms with van der Waals surface area (Å²) in [7, 11) is 0. The highest BCUT2D eigenvalue weighted by Gasteiger charge is 1.96. The minimum absolute atomic E-state index is 0.445. The molecule has 0 bridgehead atoms. The van der Waals surface area contributed by atoms with Crippen molar-refractivity contribution in [1.29, 1.82) is 0 Å². The van der Waals surface area contributed by atoms with E-state index >= 15 is 0 Å². The van der Waals surface area contributed by atoms with Gasteiger partial charge in [-0.3, -0.25) is 5.43 Å². The maximum atomic E-state index is 5.58. The van der Waals surface area contributed by atoms with Crippen molar-refractivity contribution >= 4 is 29.2 Å². The van der Waals surface area contributed by atoms with E-state index in [0.717, 1.165) is 23.4 Å². The molecule has 114 valence electrons. The summed E-state index contributed by atoms with van der Waals surface area (Å²) in [6, 6.07) is 17.5. The second-order valence-electron chi connectivity index (χ2n) is 4.61. The topological polar surface area (TPSA) is 45.6 Å². The number of rotatable bonds is 6. The summed E-state index contributed by atoms with van der Waals surface area (Å²) < 4.78 is 5.58. The first-order valence-corrected chi connectivity index (χ1v) is 7.56. The number of hydrogen-bond acceptors (Lipinski definition) is 3. The number of hydrogen-bond donors (Lipinski definition) is 2. The second kappa shape index (κ2) is 8.79. The molecule has 0 spiro atoms. The van der Waals surface area contributed by atoms with Crippen LogP contribution < -0.4 is 15.5 Å². The molecule has 0 aliphatic carbocycles. The third-order valence-electron chi connectivity index (χ3n) is 2.74. The Kier molecular flexibility index (Phi) is 6.39. The minimum atomic E-state index is 0.445. The average molecular weight is 313 g/mol. The maximum Gasteiger partial charge on any atom is 0.191 e. The van der Waals surface area contributed by atoms with Crippen LogP contribution in [0.25, 0.3) is 0 Å². The van der Waals surface area contributed by atoms with Gasteiger partial charge in [-0.05, 0) is 48.5 Å². The fourth-order valence-corrected chi connectivity index (χ4v) is 1.92. The van der Waals surface area contributed by atoms with E-state index in [1.165, 1.54) is 0 Å². The van der Waals surface area contributed by atoms with Crippen molar-refractivity contribution in [3.05, 3.63) is 60.2 Å². The van der Waals surface area contributed by atoms with E-state index in [2.05, 4.69) is 22.8 Å². The lowest BCUT2D eigenvalue weighted by atomic mass is 10.2. The summed E-state index contributed by atoms with van der Waals surface area (Å²) in [4.78, 5) is 0. The van der Waals surface area contributed by atoms with Crippen molar-refractivity contribution in [3.63, 3.8) is 0 Å². The molecule has 2 N–H and O–H groups in total. The molecule has 0 heterocycles. The predicted octanol–water partition coefficient (Wildman–Crippen LogP) is 3.80. The van der Waals surface area contributed by atoms with Gasteiger partial charge in [0.2, 0.25) is 0 Å². The van der Waals surface area contributed by atoms with Gasteiger partial charge in [0.15, 0.2) is 5.11 Å². The number of thiocarbonyl (C=S) groups is 1. The molecule has 22 heavy (non-hydrogen) atoms. The summed E-state index contributed by atoms with van der Waals surface area (Å²) in [5.74, 6) is 0.843. The highest BCUT2D eigenvalue weighted by Crippen LogP contribution is 2.12. The standard InChI is InChI=1S/C17H19N3OS/c1-2-11-21-16-10-6-7-14(12-16)13-18-20-17(22)19-15-8-4-3-5-9-15/h3-10,12-13H,2,11H2,1H3,(H2,19,20,22). The Morgan fingerprint density at radius 1 is 1.18 bits per heavy atom. The highest BCUT2D eigenvalue weighted by molar-refractivity contribution is 7.80. The SMILES string of the molecule is CCCOc1cccc(C=NNC(=S)Nc2ccccc2)c1. The van der Waals surface area contributed by atoms with Crippen LogP contribution in [-0.4, -0.2) is 17.9 Å². The lowest BCUT2D eigenvalue weighted by molar-refractivity contribution is 0.317. The number of ether oxygens (including phenoxy) is 1. The van der Waals surface area contributed by atoms with Crippen LogP contribution in [0.4, 0.5) is 5.69 Å². The van der Waals surface area contributed by atoms with Crippen LogP contribution in [-0.2, 0) is 0 Å². The van der Waals surface area contributed by atoms with Gasteiger partial charge >= 0.3 is 0 Å². The van der Waals surface area contributed by atoms with Crippen molar-refractivity contribution in [2.75, 3.05) is 11.9 Å². The molecule has 2 aromatic rings. The van der Waals surface area contributed by atoms with Gasteiger partial charge < -0.3 is 10.1 Å². The van der Waals surface area contributed by atoms with Crippen LogP contribution in [0.15, 0.2) is 59.7 Å². The van der Waals surface area contributed by atoms with Crippen LogP contribution in [0.3, 0.4) is 0 Å². The molecule has 0 saturated heterocycles. The van der Waals surface area contributed by atoms with Gasteiger partial charge in [0.1, 0.15) is 5.75 Å². The molecule has 0 atom stereocenters.